The topological polar surface area (TPSA) is 84.0 Å². The molecule has 0 aliphatic heterocycles. The number of amides is 2. The van der Waals surface area contributed by atoms with Crippen molar-refractivity contribution in [1.82, 2.24) is 20.6 Å². The molecule has 0 saturated carbocycles. The summed E-state index contributed by atoms with van der Waals surface area (Å²) in [6.45, 7) is 0.623. The molecule has 2 aromatic carbocycles. The van der Waals surface area contributed by atoms with Crippen molar-refractivity contribution in [2.24, 2.45) is 0 Å². The maximum Gasteiger partial charge on any atom is 0.280 e. The maximum atomic E-state index is 12.2. The molecule has 2 aromatic heterocycles. The highest BCUT2D eigenvalue weighted by atomic mass is 32.1. The van der Waals surface area contributed by atoms with E-state index in [2.05, 4.69) is 20.6 Å². The third-order valence-corrected chi connectivity index (χ3v) is 5.05. The standard InChI is InChI=1S/C20H16N4O2S/c25-18(16-10-9-13-5-1-2-6-14(13)23-16)21-11-12-22-19(26)20-24-15-7-3-4-8-17(15)27-20/h1-10H,11-12H2,(H,21,25)(H,22,26). The van der Waals surface area contributed by atoms with Crippen LogP contribution in [-0.4, -0.2) is 34.9 Å². The SMILES string of the molecule is O=C(NCCNC(=O)c1nc2ccccc2s1)c1ccc2ccccc2n1. The van der Waals surface area contributed by atoms with Crippen LogP contribution in [0.5, 0.6) is 0 Å². The minimum absolute atomic E-state index is 0.241. The van der Waals surface area contributed by atoms with Gasteiger partial charge in [-0.05, 0) is 24.3 Å². The number of fused-ring (bicyclic) bond motifs is 2. The van der Waals surface area contributed by atoms with Crippen LogP contribution in [0.15, 0.2) is 60.7 Å². The van der Waals surface area contributed by atoms with E-state index in [0.717, 1.165) is 21.1 Å². The molecule has 27 heavy (non-hydrogen) atoms. The molecule has 134 valence electrons. The highest BCUT2D eigenvalue weighted by molar-refractivity contribution is 7.20. The van der Waals surface area contributed by atoms with E-state index in [0.29, 0.717) is 23.8 Å². The van der Waals surface area contributed by atoms with E-state index >= 15 is 0 Å². The minimum atomic E-state index is -0.269. The highest BCUT2D eigenvalue weighted by Gasteiger charge is 2.12. The van der Waals surface area contributed by atoms with Crippen LogP contribution >= 0.6 is 11.3 Å². The van der Waals surface area contributed by atoms with Crippen molar-refractivity contribution in [3.8, 4) is 0 Å². The lowest BCUT2D eigenvalue weighted by molar-refractivity contribution is 0.0925. The van der Waals surface area contributed by atoms with Gasteiger partial charge in [-0.25, -0.2) is 9.97 Å². The fourth-order valence-electron chi connectivity index (χ4n) is 2.68. The third-order valence-electron chi connectivity index (χ3n) is 4.02. The summed E-state index contributed by atoms with van der Waals surface area (Å²) in [4.78, 5) is 33.1. The van der Waals surface area contributed by atoms with Gasteiger partial charge in [0.1, 0.15) is 5.69 Å². The van der Waals surface area contributed by atoms with E-state index in [1.54, 1.807) is 6.07 Å². The smallest absolute Gasteiger partial charge is 0.280 e. The summed E-state index contributed by atoms with van der Waals surface area (Å²) in [6, 6.07) is 18.8. The van der Waals surface area contributed by atoms with Crippen LogP contribution in [0.3, 0.4) is 0 Å². The number of pyridine rings is 1. The lowest BCUT2D eigenvalue weighted by Crippen LogP contribution is -2.35. The summed E-state index contributed by atoms with van der Waals surface area (Å²) in [7, 11) is 0. The molecule has 2 N–H and O–H groups in total. The average Bonchev–Trinajstić information content (AvgIpc) is 3.15. The Balaban J connectivity index is 1.31. The fourth-order valence-corrected chi connectivity index (χ4v) is 3.56. The van der Waals surface area contributed by atoms with Crippen LogP contribution in [-0.2, 0) is 0 Å². The lowest BCUT2D eigenvalue weighted by atomic mass is 10.2. The molecule has 0 aliphatic carbocycles. The molecule has 0 saturated heterocycles. The Morgan fingerprint density at radius 2 is 1.48 bits per heavy atom. The van der Waals surface area contributed by atoms with E-state index in [-0.39, 0.29) is 11.8 Å². The molecular weight excluding hydrogens is 360 g/mol. The van der Waals surface area contributed by atoms with Crippen molar-refractivity contribution in [3.05, 3.63) is 71.4 Å². The van der Waals surface area contributed by atoms with E-state index in [9.17, 15) is 9.59 Å². The average molecular weight is 376 g/mol. The molecule has 0 radical (unpaired) electrons. The van der Waals surface area contributed by atoms with Gasteiger partial charge in [-0.1, -0.05) is 36.4 Å². The van der Waals surface area contributed by atoms with Gasteiger partial charge in [0.05, 0.1) is 15.7 Å². The molecular formula is C20H16N4O2S. The number of hydrogen-bond acceptors (Lipinski definition) is 5. The van der Waals surface area contributed by atoms with Gasteiger partial charge in [0.2, 0.25) is 0 Å². The Labute approximate surface area is 159 Å². The number of thiazole rings is 1. The van der Waals surface area contributed by atoms with Gasteiger partial charge in [-0.3, -0.25) is 9.59 Å². The largest absolute Gasteiger partial charge is 0.349 e. The van der Waals surface area contributed by atoms with Crippen molar-refractivity contribution >= 4 is 44.3 Å². The third kappa shape index (κ3) is 3.78. The summed E-state index contributed by atoms with van der Waals surface area (Å²) in [6.07, 6.45) is 0. The number of para-hydroxylation sites is 2. The minimum Gasteiger partial charge on any atom is -0.349 e. The van der Waals surface area contributed by atoms with Gasteiger partial charge < -0.3 is 10.6 Å². The second-order valence-electron chi connectivity index (χ2n) is 5.89. The van der Waals surface area contributed by atoms with Crippen LogP contribution in [0, 0.1) is 0 Å². The predicted octanol–water partition coefficient (Wildman–Crippen LogP) is 3.00. The van der Waals surface area contributed by atoms with E-state index < -0.39 is 0 Å². The van der Waals surface area contributed by atoms with E-state index in [1.807, 2.05) is 54.6 Å². The first-order chi connectivity index (χ1) is 13.2. The lowest BCUT2D eigenvalue weighted by Gasteiger charge is -2.06. The molecule has 6 nitrogen and oxygen atoms in total. The quantitative estimate of drug-likeness (QED) is 0.525. The van der Waals surface area contributed by atoms with E-state index in [1.165, 1.54) is 11.3 Å². The first-order valence-corrected chi connectivity index (χ1v) is 9.30. The molecule has 0 spiro atoms. The first kappa shape index (κ1) is 17.1. The van der Waals surface area contributed by atoms with Crippen LogP contribution in [0.25, 0.3) is 21.1 Å². The zero-order valence-electron chi connectivity index (χ0n) is 14.3. The summed E-state index contributed by atoms with van der Waals surface area (Å²) in [5.74, 6) is -0.510. The summed E-state index contributed by atoms with van der Waals surface area (Å²) in [5.41, 5.74) is 1.93. The molecule has 2 amide bonds. The number of carbonyl (C=O) groups is 2. The first-order valence-electron chi connectivity index (χ1n) is 8.48. The van der Waals surface area contributed by atoms with Gasteiger partial charge in [-0.15, -0.1) is 11.3 Å². The Bertz CT molecular complexity index is 1110. The number of aromatic nitrogens is 2. The van der Waals surface area contributed by atoms with Crippen molar-refractivity contribution < 1.29 is 9.59 Å². The zero-order chi connectivity index (χ0) is 18.6. The normalized spacial score (nSPS) is 10.8. The number of nitrogens with one attached hydrogen (secondary N) is 2. The second-order valence-corrected chi connectivity index (χ2v) is 6.92. The van der Waals surface area contributed by atoms with Crippen LogP contribution < -0.4 is 10.6 Å². The molecule has 2 heterocycles. The summed E-state index contributed by atoms with van der Waals surface area (Å²) >= 11 is 1.35. The summed E-state index contributed by atoms with van der Waals surface area (Å²) < 4.78 is 0.971. The molecule has 0 unspecified atom stereocenters. The number of rotatable bonds is 5. The Kier molecular flexibility index (Phi) is 4.76. The second kappa shape index (κ2) is 7.51. The number of carbonyl (C=O) groups excluding carboxylic acids is 2. The number of benzene rings is 2. The van der Waals surface area contributed by atoms with Crippen LogP contribution in [0.1, 0.15) is 20.3 Å². The van der Waals surface area contributed by atoms with Crippen molar-refractivity contribution in [2.45, 2.75) is 0 Å². The Morgan fingerprint density at radius 1 is 0.778 bits per heavy atom. The van der Waals surface area contributed by atoms with Gasteiger partial charge in [0.25, 0.3) is 11.8 Å². The molecule has 0 bridgehead atoms. The predicted molar refractivity (Wildman–Crippen MR) is 106 cm³/mol. The van der Waals surface area contributed by atoms with Crippen LogP contribution in [0.2, 0.25) is 0 Å². The molecule has 0 aliphatic rings. The van der Waals surface area contributed by atoms with E-state index in [4.69, 9.17) is 0 Å². The fraction of sp³-hybridized carbons (Fsp3) is 0.100. The molecule has 7 heteroatoms. The van der Waals surface area contributed by atoms with Crippen molar-refractivity contribution in [1.29, 1.82) is 0 Å². The van der Waals surface area contributed by atoms with Crippen molar-refractivity contribution in [3.63, 3.8) is 0 Å². The number of nitrogens with zero attached hydrogens (tertiary/aromatic N) is 2. The van der Waals surface area contributed by atoms with Crippen LogP contribution in [0.4, 0.5) is 0 Å². The summed E-state index contributed by atoms with van der Waals surface area (Å²) in [5, 5.41) is 6.93. The molecule has 4 aromatic rings. The zero-order valence-corrected chi connectivity index (χ0v) is 15.1. The van der Waals surface area contributed by atoms with Gasteiger partial charge in [0, 0.05) is 18.5 Å². The van der Waals surface area contributed by atoms with Gasteiger partial charge in [-0.2, -0.15) is 0 Å². The highest BCUT2D eigenvalue weighted by Crippen LogP contribution is 2.21. The van der Waals surface area contributed by atoms with Crippen molar-refractivity contribution in [2.75, 3.05) is 13.1 Å². The molecule has 4 rings (SSSR count). The number of hydrogen-bond donors (Lipinski definition) is 2. The van der Waals surface area contributed by atoms with Gasteiger partial charge >= 0.3 is 0 Å². The van der Waals surface area contributed by atoms with Gasteiger partial charge in [0.15, 0.2) is 5.01 Å². The molecule has 0 atom stereocenters. The molecule has 0 fully saturated rings. The Morgan fingerprint density at radius 3 is 2.30 bits per heavy atom. The monoisotopic (exact) mass is 376 g/mol. The Hall–Kier alpha value is -3.32. The maximum absolute atomic E-state index is 12.2.